The molecule has 0 radical (unpaired) electrons. The molecule has 0 aliphatic rings. The van der Waals surface area contributed by atoms with Crippen molar-refractivity contribution < 1.29 is 9.90 Å². The van der Waals surface area contributed by atoms with Gasteiger partial charge in [0.2, 0.25) is 0 Å². The normalized spacial score (nSPS) is 13.8. The SMILES string of the molecule is C/C(=C\C(=O)O)CCC[C@H](C)CCC[C@H](C)CCCC(C)C.[NaH].[NaH]. The molecule has 0 aromatic heterocycles. The molecule has 134 valence electrons. The first-order valence-electron chi connectivity index (χ1n) is 9.21. The van der Waals surface area contributed by atoms with Crippen LogP contribution in [0.15, 0.2) is 11.6 Å². The Bertz CT molecular complexity index is 328. The second-order valence-corrected chi connectivity index (χ2v) is 7.69. The van der Waals surface area contributed by atoms with E-state index in [4.69, 9.17) is 5.11 Å². The summed E-state index contributed by atoms with van der Waals surface area (Å²) in [6, 6.07) is 0. The Kier molecular flexibility index (Phi) is 23.7. The van der Waals surface area contributed by atoms with Gasteiger partial charge in [0.1, 0.15) is 0 Å². The maximum atomic E-state index is 10.5. The molecular weight excluding hydrogens is 318 g/mol. The quantitative estimate of drug-likeness (QED) is 0.365. The maximum absolute atomic E-state index is 10.5. The van der Waals surface area contributed by atoms with Crippen LogP contribution in [0.1, 0.15) is 92.4 Å². The van der Waals surface area contributed by atoms with Crippen molar-refractivity contribution in [3.05, 3.63) is 11.6 Å². The molecule has 0 rings (SSSR count). The van der Waals surface area contributed by atoms with Crippen LogP contribution >= 0.6 is 0 Å². The van der Waals surface area contributed by atoms with Crippen molar-refractivity contribution >= 4 is 65.1 Å². The van der Waals surface area contributed by atoms with Gasteiger partial charge in [0.15, 0.2) is 0 Å². The van der Waals surface area contributed by atoms with Gasteiger partial charge in [0, 0.05) is 6.08 Å². The Morgan fingerprint density at radius 1 is 0.833 bits per heavy atom. The van der Waals surface area contributed by atoms with Crippen LogP contribution in [0, 0.1) is 17.8 Å². The van der Waals surface area contributed by atoms with Crippen LogP contribution in [0.4, 0.5) is 0 Å². The minimum atomic E-state index is -0.822. The predicted octanol–water partition coefficient (Wildman–Crippen LogP) is 5.16. The average Bonchev–Trinajstić information content (AvgIpc) is 2.37. The monoisotopic (exact) mass is 358 g/mol. The molecule has 0 saturated carbocycles. The molecule has 0 spiro atoms. The summed E-state index contributed by atoms with van der Waals surface area (Å²) in [7, 11) is 0. The summed E-state index contributed by atoms with van der Waals surface area (Å²) in [5.74, 6) is 1.65. The number of hydrogen-bond acceptors (Lipinski definition) is 1. The van der Waals surface area contributed by atoms with Crippen molar-refractivity contribution in [1.82, 2.24) is 0 Å². The van der Waals surface area contributed by atoms with Gasteiger partial charge >= 0.3 is 65.1 Å². The van der Waals surface area contributed by atoms with Gasteiger partial charge in [-0.2, -0.15) is 0 Å². The zero-order chi connectivity index (χ0) is 17.0. The molecule has 2 nitrogen and oxygen atoms in total. The van der Waals surface area contributed by atoms with Gasteiger partial charge in [0.05, 0.1) is 0 Å². The Balaban J connectivity index is -0.00000220. The Morgan fingerprint density at radius 3 is 1.67 bits per heavy atom. The van der Waals surface area contributed by atoms with Gasteiger partial charge in [0.25, 0.3) is 0 Å². The van der Waals surface area contributed by atoms with E-state index >= 15 is 0 Å². The molecular formula is C20H40Na2O2. The molecule has 24 heavy (non-hydrogen) atoms. The van der Waals surface area contributed by atoms with Crippen molar-refractivity contribution in [1.29, 1.82) is 0 Å². The topological polar surface area (TPSA) is 37.3 Å². The third-order valence-electron chi connectivity index (χ3n) is 4.51. The summed E-state index contributed by atoms with van der Waals surface area (Å²) in [4.78, 5) is 10.5. The fourth-order valence-electron chi connectivity index (χ4n) is 2.99. The second-order valence-electron chi connectivity index (χ2n) is 7.69. The van der Waals surface area contributed by atoms with E-state index in [-0.39, 0.29) is 59.1 Å². The van der Waals surface area contributed by atoms with Crippen LogP contribution in [0.2, 0.25) is 0 Å². The number of rotatable bonds is 13. The second kappa shape index (κ2) is 19.0. The van der Waals surface area contributed by atoms with E-state index < -0.39 is 5.97 Å². The summed E-state index contributed by atoms with van der Waals surface area (Å²) in [6.07, 6.45) is 12.7. The van der Waals surface area contributed by atoms with Gasteiger partial charge in [-0.05, 0) is 37.5 Å². The van der Waals surface area contributed by atoms with Crippen LogP contribution in [0.25, 0.3) is 0 Å². The van der Waals surface area contributed by atoms with Crippen molar-refractivity contribution in [3.63, 3.8) is 0 Å². The van der Waals surface area contributed by atoms with E-state index in [2.05, 4.69) is 27.7 Å². The zero-order valence-corrected chi connectivity index (χ0v) is 15.5. The Morgan fingerprint density at radius 2 is 1.25 bits per heavy atom. The van der Waals surface area contributed by atoms with Crippen LogP contribution in [0.5, 0.6) is 0 Å². The fraction of sp³-hybridized carbons (Fsp3) is 0.850. The van der Waals surface area contributed by atoms with Crippen molar-refractivity contribution in [3.8, 4) is 0 Å². The number of carboxylic acids is 1. The van der Waals surface area contributed by atoms with E-state index in [0.717, 1.165) is 36.2 Å². The standard InChI is InChI=1S/C20H38O2.2Na.2H/c1-16(2)9-6-10-17(3)11-7-12-18(4)13-8-14-19(5)15-20(21)22;;;;/h15-18H,6-14H2,1-5H3,(H,21,22);;;;/b19-15+;;;;/t17-,18-;;;;/m1..../s1. The van der Waals surface area contributed by atoms with Crippen LogP contribution < -0.4 is 0 Å². The molecule has 0 amide bonds. The molecule has 0 unspecified atom stereocenters. The number of carboxylic acid groups (broad SMARTS) is 1. The van der Waals surface area contributed by atoms with Crippen molar-refractivity contribution in [2.24, 2.45) is 17.8 Å². The minimum absolute atomic E-state index is 0. The first-order chi connectivity index (χ1) is 10.3. The van der Waals surface area contributed by atoms with Crippen molar-refractivity contribution in [2.75, 3.05) is 0 Å². The van der Waals surface area contributed by atoms with Gasteiger partial charge in [-0.15, -0.1) is 0 Å². The van der Waals surface area contributed by atoms with E-state index in [1.165, 1.54) is 51.0 Å². The summed E-state index contributed by atoms with van der Waals surface area (Å²) >= 11 is 0. The number of allylic oxidation sites excluding steroid dienone is 1. The molecule has 0 aromatic carbocycles. The van der Waals surface area contributed by atoms with E-state index in [1.807, 2.05) is 6.92 Å². The first-order valence-corrected chi connectivity index (χ1v) is 9.21. The van der Waals surface area contributed by atoms with Gasteiger partial charge in [-0.25, -0.2) is 4.79 Å². The van der Waals surface area contributed by atoms with Gasteiger partial charge in [-0.3, -0.25) is 0 Å². The molecule has 4 heteroatoms. The predicted molar refractivity (Wildman–Crippen MR) is 110 cm³/mol. The van der Waals surface area contributed by atoms with Gasteiger partial charge in [-0.1, -0.05) is 78.2 Å². The number of carbonyl (C=O) groups is 1. The third kappa shape index (κ3) is 21.3. The molecule has 0 aromatic rings. The van der Waals surface area contributed by atoms with Crippen LogP contribution in [-0.4, -0.2) is 70.2 Å². The summed E-state index contributed by atoms with van der Waals surface area (Å²) in [5.41, 5.74) is 0.985. The van der Waals surface area contributed by atoms with Crippen molar-refractivity contribution in [2.45, 2.75) is 92.4 Å². The summed E-state index contributed by atoms with van der Waals surface area (Å²) in [6.45, 7) is 11.3. The average molecular weight is 359 g/mol. The van der Waals surface area contributed by atoms with Gasteiger partial charge < -0.3 is 5.11 Å². The first kappa shape index (κ1) is 30.0. The number of hydrogen-bond donors (Lipinski definition) is 1. The van der Waals surface area contributed by atoms with Crippen LogP contribution in [-0.2, 0) is 4.79 Å². The zero-order valence-electron chi connectivity index (χ0n) is 15.5. The Labute approximate surface area is 195 Å². The molecule has 2 atom stereocenters. The molecule has 0 fully saturated rings. The van der Waals surface area contributed by atoms with E-state index in [1.54, 1.807) is 0 Å². The fourth-order valence-corrected chi connectivity index (χ4v) is 2.99. The Hall–Kier alpha value is 1.21. The number of aliphatic carboxylic acids is 1. The molecule has 0 bridgehead atoms. The molecule has 0 aliphatic carbocycles. The molecule has 0 aliphatic heterocycles. The van der Waals surface area contributed by atoms with E-state index in [0.29, 0.717) is 0 Å². The molecule has 0 saturated heterocycles. The molecule has 1 N–H and O–H groups in total. The summed E-state index contributed by atoms with van der Waals surface area (Å²) < 4.78 is 0. The van der Waals surface area contributed by atoms with Crippen LogP contribution in [0.3, 0.4) is 0 Å². The van der Waals surface area contributed by atoms with E-state index in [9.17, 15) is 4.79 Å². The summed E-state index contributed by atoms with van der Waals surface area (Å²) in [5, 5.41) is 8.68. The molecule has 0 heterocycles. The third-order valence-corrected chi connectivity index (χ3v) is 4.51.